The van der Waals surface area contributed by atoms with Crippen molar-refractivity contribution in [2.75, 3.05) is 12.0 Å². The molecule has 28 heavy (non-hydrogen) atoms. The first-order valence-electron chi connectivity index (χ1n) is 8.66. The van der Waals surface area contributed by atoms with Crippen molar-refractivity contribution in [1.29, 1.82) is 0 Å². The highest BCUT2D eigenvalue weighted by Gasteiger charge is 2.28. The van der Waals surface area contributed by atoms with Crippen LogP contribution in [-0.4, -0.2) is 70.9 Å². The van der Waals surface area contributed by atoms with E-state index in [9.17, 15) is 29.1 Å². The lowest BCUT2D eigenvalue weighted by atomic mass is 10.1. The average molecular weight is 420 g/mol. The molecule has 0 bridgehead atoms. The fourth-order valence-corrected chi connectivity index (χ4v) is 2.50. The maximum Gasteiger partial charge on any atom is 0.326 e. The lowest BCUT2D eigenvalue weighted by molar-refractivity contribution is -0.142. The molecule has 8 N–H and O–H groups in total. The van der Waals surface area contributed by atoms with Gasteiger partial charge in [-0.15, -0.1) is 0 Å². The molecule has 0 saturated carbocycles. The van der Waals surface area contributed by atoms with E-state index in [1.54, 1.807) is 0 Å². The molecular formula is C16H29N5O6S. The van der Waals surface area contributed by atoms with E-state index in [0.29, 0.717) is 5.75 Å². The molecule has 0 spiro atoms. The van der Waals surface area contributed by atoms with Crippen LogP contribution in [0, 0.1) is 0 Å². The molecule has 0 saturated heterocycles. The molecule has 0 aromatic rings. The van der Waals surface area contributed by atoms with Crippen molar-refractivity contribution in [3.05, 3.63) is 0 Å². The highest BCUT2D eigenvalue weighted by atomic mass is 32.2. The lowest BCUT2D eigenvalue weighted by Crippen LogP contribution is -2.56. The van der Waals surface area contributed by atoms with E-state index in [2.05, 4.69) is 16.0 Å². The highest BCUT2D eigenvalue weighted by Crippen LogP contribution is 2.04. The Kier molecular flexibility index (Phi) is 11.9. The van der Waals surface area contributed by atoms with Crippen LogP contribution in [-0.2, 0) is 24.0 Å². The van der Waals surface area contributed by atoms with Gasteiger partial charge in [0.1, 0.15) is 18.1 Å². The molecular weight excluding hydrogens is 390 g/mol. The van der Waals surface area contributed by atoms with E-state index in [1.807, 2.05) is 6.26 Å². The number of nitrogens with two attached hydrogens (primary N) is 2. The van der Waals surface area contributed by atoms with Crippen LogP contribution in [0.1, 0.15) is 33.1 Å². The third-order valence-electron chi connectivity index (χ3n) is 3.70. The zero-order valence-corrected chi connectivity index (χ0v) is 17.0. The predicted octanol–water partition coefficient (Wildman–Crippen LogP) is -2.09. The van der Waals surface area contributed by atoms with Crippen LogP contribution in [0.5, 0.6) is 0 Å². The number of nitrogens with one attached hydrogen (secondary N) is 3. The molecule has 0 heterocycles. The van der Waals surface area contributed by atoms with E-state index >= 15 is 0 Å². The summed E-state index contributed by atoms with van der Waals surface area (Å²) >= 11 is 1.44. The molecule has 0 radical (unpaired) electrons. The Morgan fingerprint density at radius 1 is 0.929 bits per heavy atom. The maximum absolute atomic E-state index is 12.5. The van der Waals surface area contributed by atoms with E-state index in [-0.39, 0.29) is 19.3 Å². The standard InChI is InChI=1S/C16H29N5O6S/c1-8(17)13(23)19-9(2)14(24)20-10(6-7-28-3)15(25)21-11(16(26)27)4-5-12(18)22/h8-11H,4-7,17H2,1-3H3,(H2,18,22)(H,19,23)(H,20,24)(H,21,25)(H,26,27). The van der Waals surface area contributed by atoms with Gasteiger partial charge in [0.2, 0.25) is 23.6 Å². The molecule has 160 valence electrons. The number of thioether (sulfide) groups is 1. The van der Waals surface area contributed by atoms with Gasteiger partial charge in [0.25, 0.3) is 0 Å². The van der Waals surface area contributed by atoms with Crippen molar-refractivity contribution >= 4 is 41.4 Å². The van der Waals surface area contributed by atoms with Crippen molar-refractivity contribution in [1.82, 2.24) is 16.0 Å². The minimum Gasteiger partial charge on any atom is -0.480 e. The van der Waals surface area contributed by atoms with Crippen LogP contribution < -0.4 is 27.4 Å². The van der Waals surface area contributed by atoms with Gasteiger partial charge in [0.15, 0.2) is 0 Å². The molecule has 0 rings (SSSR count). The summed E-state index contributed by atoms with van der Waals surface area (Å²) in [6, 6.07) is -4.06. The van der Waals surface area contributed by atoms with Crippen LogP contribution in [0.4, 0.5) is 0 Å². The van der Waals surface area contributed by atoms with Gasteiger partial charge >= 0.3 is 5.97 Å². The maximum atomic E-state index is 12.5. The van der Waals surface area contributed by atoms with Crippen LogP contribution >= 0.6 is 11.8 Å². The Morgan fingerprint density at radius 3 is 1.96 bits per heavy atom. The number of amides is 4. The first-order chi connectivity index (χ1) is 13.0. The molecule has 0 fully saturated rings. The van der Waals surface area contributed by atoms with Crippen molar-refractivity contribution in [2.24, 2.45) is 11.5 Å². The number of aliphatic carboxylic acids is 1. The normalized spacial score (nSPS) is 14.9. The number of hydrogen-bond donors (Lipinski definition) is 6. The van der Waals surface area contributed by atoms with Gasteiger partial charge in [-0.25, -0.2) is 4.79 Å². The Hall–Kier alpha value is -2.34. The number of rotatable bonds is 13. The van der Waals surface area contributed by atoms with Crippen molar-refractivity contribution in [3.8, 4) is 0 Å². The monoisotopic (exact) mass is 419 g/mol. The Labute approximate surface area is 167 Å². The zero-order valence-electron chi connectivity index (χ0n) is 16.2. The molecule has 0 aliphatic carbocycles. The van der Waals surface area contributed by atoms with Gasteiger partial charge < -0.3 is 32.5 Å². The van der Waals surface area contributed by atoms with Crippen molar-refractivity contribution in [2.45, 2.75) is 57.3 Å². The van der Waals surface area contributed by atoms with Crippen LogP contribution in [0.2, 0.25) is 0 Å². The molecule has 0 aliphatic heterocycles. The van der Waals surface area contributed by atoms with E-state index in [4.69, 9.17) is 11.5 Å². The molecule has 4 atom stereocenters. The molecule has 4 unspecified atom stereocenters. The highest BCUT2D eigenvalue weighted by molar-refractivity contribution is 7.98. The summed E-state index contributed by atoms with van der Waals surface area (Å²) in [5.74, 6) is -3.32. The fraction of sp³-hybridized carbons (Fsp3) is 0.688. The SMILES string of the molecule is CSCCC(NC(=O)C(C)NC(=O)C(C)N)C(=O)NC(CCC(N)=O)C(=O)O. The van der Waals surface area contributed by atoms with Gasteiger partial charge in [-0.2, -0.15) is 11.8 Å². The van der Waals surface area contributed by atoms with E-state index < -0.39 is 53.8 Å². The fourth-order valence-electron chi connectivity index (χ4n) is 2.03. The minimum atomic E-state index is -1.32. The topological polar surface area (TPSA) is 194 Å². The number of carboxylic acids is 1. The smallest absolute Gasteiger partial charge is 0.326 e. The van der Waals surface area contributed by atoms with Crippen LogP contribution in [0.15, 0.2) is 0 Å². The summed E-state index contributed by atoms with van der Waals surface area (Å²) in [5, 5.41) is 16.4. The molecule has 11 nitrogen and oxygen atoms in total. The quantitative estimate of drug-likeness (QED) is 0.195. The van der Waals surface area contributed by atoms with E-state index in [1.165, 1.54) is 25.6 Å². The van der Waals surface area contributed by atoms with Gasteiger partial charge in [-0.1, -0.05) is 0 Å². The third kappa shape index (κ3) is 10.1. The second-order valence-corrected chi connectivity index (χ2v) is 7.25. The lowest BCUT2D eigenvalue weighted by Gasteiger charge is -2.23. The van der Waals surface area contributed by atoms with Crippen molar-refractivity contribution < 1.29 is 29.1 Å². The van der Waals surface area contributed by atoms with E-state index in [0.717, 1.165) is 0 Å². The van der Waals surface area contributed by atoms with Crippen LogP contribution in [0.3, 0.4) is 0 Å². The molecule has 0 aromatic carbocycles. The number of carbonyl (C=O) groups excluding carboxylic acids is 4. The second kappa shape index (κ2) is 12.9. The summed E-state index contributed by atoms with van der Waals surface area (Å²) < 4.78 is 0. The van der Waals surface area contributed by atoms with Crippen molar-refractivity contribution in [3.63, 3.8) is 0 Å². The summed E-state index contributed by atoms with van der Waals surface area (Å²) in [5.41, 5.74) is 10.4. The number of hydrogen-bond acceptors (Lipinski definition) is 7. The van der Waals surface area contributed by atoms with Gasteiger partial charge in [-0.3, -0.25) is 19.2 Å². The Bertz CT molecular complexity index is 586. The van der Waals surface area contributed by atoms with Crippen LogP contribution in [0.25, 0.3) is 0 Å². The summed E-state index contributed by atoms with van der Waals surface area (Å²) in [7, 11) is 0. The first-order valence-corrected chi connectivity index (χ1v) is 10.1. The average Bonchev–Trinajstić information content (AvgIpc) is 2.60. The largest absolute Gasteiger partial charge is 0.480 e. The molecule has 12 heteroatoms. The number of primary amides is 1. The second-order valence-electron chi connectivity index (χ2n) is 6.27. The van der Waals surface area contributed by atoms with Gasteiger partial charge in [0, 0.05) is 6.42 Å². The molecule has 0 aromatic heterocycles. The molecule has 0 aliphatic rings. The summed E-state index contributed by atoms with van der Waals surface area (Å²) in [4.78, 5) is 58.5. The number of carbonyl (C=O) groups is 5. The number of carboxylic acid groups (broad SMARTS) is 1. The third-order valence-corrected chi connectivity index (χ3v) is 4.35. The zero-order chi connectivity index (χ0) is 21.9. The predicted molar refractivity (Wildman–Crippen MR) is 104 cm³/mol. The Morgan fingerprint density at radius 2 is 1.50 bits per heavy atom. The first kappa shape index (κ1) is 25.7. The van der Waals surface area contributed by atoms with Gasteiger partial charge in [-0.05, 0) is 38.7 Å². The molecule has 4 amide bonds. The minimum absolute atomic E-state index is 0.166. The summed E-state index contributed by atoms with van der Waals surface area (Å²) in [6.45, 7) is 2.90. The Balaban J connectivity index is 5.04. The van der Waals surface area contributed by atoms with Gasteiger partial charge in [0.05, 0.1) is 6.04 Å². The summed E-state index contributed by atoms with van der Waals surface area (Å²) in [6.07, 6.45) is 1.68.